The molecule has 0 saturated carbocycles. The van der Waals surface area contributed by atoms with Crippen molar-refractivity contribution in [2.24, 2.45) is 0 Å². The molecular weight excluding hydrogens is 462 g/mol. The highest BCUT2D eigenvalue weighted by Crippen LogP contribution is 2.29. The van der Waals surface area contributed by atoms with Crippen LogP contribution in [0.5, 0.6) is 0 Å². The summed E-state index contributed by atoms with van der Waals surface area (Å²) in [5.41, 5.74) is 11.0. The van der Waals surface area contributed by atoms with E-state index < -0.39 is 0 Å². The molecule has 1 atom stereocenters. The number of likely N-dealkylation sites (tertiary alicyclic amines) is 1. The number of aromatic nitrogens is 4. The van der Waals surface area contributed by atoms with E-state index in [1.807, 2.05) is 34.7 Å². The quantitative estimate of drug-likeness (QED) is 0.408. The Kier molecular flexibility index (Phi) is 7.94. The van der Waals surface area contributed by atoms with Gasteiger partial charge in [0, 0.05) is 31.3 Å². The summed E-state index contributed by atoms with van der Waals surface area (Å²) in [5.74, 6) is 7.77. The number of benzene rings is 1. The molecule has 4 rings (SSSR count). The van der Waals surface area contributed by atoms with Gasteiger partial charge in [-0.3, -0.25) is 4.79 Å². The highest BCUT2D eigenvalue weighted by atomic mass is 16.2. The van der Waals surface area contributed by atoms with E-state index in [1.165, 1.54) is 17.5 Å². The van der Waals surface area contributed by atoms with Gasteiger partial charge in [0.2, 0.25) is 5.91 Å². The minimum absolute atomic E-state index is 0.00430. The molecule has 3 aromatic rings. The van der Waals surface area contributed by atoms with Crippen molar-refractivity contribution in [1.82, 2.24) is 29.5 Å². The molecule has 194 valence electrons. The maximum Gasteiger partial charge on any atom is 0.246 e. The van der Waals surface area contributed by atoms with E-state index in [1.54, 1.807) is 6.08 Å². The average Bonchev–Trinajstić information content (AvgIpc) is 3.48. The number of fused-ring (bicyclic) bond motifs is 1. The van der Waals surface area contributed by atoms with Gasteiger partial charge >= 0.3 is 0 Å². The standard InChI is InChI=1S/C29H37N7O/c1-19(2)22-14-21(15-23(16-22)20(3)4)9-10-25-27-28(30)31-18-32-29(27)36(33-25)24-11-13-35(17-24)26(37)8-7-12-34(5)6/h7-8,14-16,18-20,24H,11-13,17H2,1-6H3,(H2,30,31,32)/t24-/m0/s1. The van der Waals surface area contributed by atoms with Crippen LogP contribution in [0.25, 0.3) is 11.0 Å². The van der Waals surface area contributed by atoms with Crippen molar-refractivity contribution in [3.05, 3.63) is 59.1 Å². The zero-order valence-corrected chi connectivity index (χ0v) is 22.7. The van der Waals surface area contributed by atoms with E-state index in [0.717, 1.165) is 18.5 Å². The molecule has 0 aliphatic carbocycles. The molecule has 8 heteroatoms. The van der Waals surface area contributed by atoms with E-state index in [-0.39, 0.29) is 11.9 Å². The van der Waals surface area contributed by atoms with Crippen LogP contribution in [0.2, 0.25) is 0 Å². The van der Waals surface area contributed by atoms with Crippen molar-refractivity contribution in [3.8, 4) is 11.8 Å². The van der Waals surface area contributed by atoms with Gasteiger partial charge in [-0.2, -0.15) is 5.10 Å². The molecule has 37 heavy (non-hydrogen) atoms. The summed E-state index contributed by atoms with van der Waals surface area (Å²) in [6.07, 6.45) is 5.78. The summed E-state index contributed by atoms with van der Waals surface area (Å²) in [7, 11) is 3.95. The third-order valence-corrected chi connectivity index (χ3v) is 6.71. The van der Waals surface area contributed by atoms with Crippen molar-refractivity contribution in [3.63, 3.8) is 0 Å². The Morgan fingerprint density at radius 3 is 2.49 bits per heavy atom. The lowest BCUT2D eigenvalue weighted by Crippen LogP contribution is -2.28. The fourth-order valence-electron chi connectivity index (χ4n) is 4.50. The Hall–Kier alpha value is -3.70. The van der Waals surface area contributed by atoms with Crippen LogP contribution in [0.1, 0.15) is 74.4 Å². The highest BCUT2D eigenvalue weighted by Gasteiger charge is 2.29. The molecule has 0 radical (unpaired) electrons. The van der Waals surface area contributed by atoms with Gasteiger partial charge in [-0.05, 0) is 61.5 Å². The normalized spacial score (nSPS) is 15.9. The molecule has 3 heterocycles. The van der Waals surface area contributed by atoms with Gasteiger partial charge in [0.25, 0.3) is 0 Å². The van der Waals surface area contributed by atoms with Gasteiger partial charge in [-0.1, -0.05) is 45.8 Å². The molecule has 1 saturated heterocycles. The lowest BCUT2D eigenvalue weighted by molar-refractivity contribution is -0.125. The van der Waals surface area contributed by atoms with Crippen LogP contribution >= 0.6 is 0 Å². The maximum atomic E-state index is 12.7. The number of nitrogens with zero attached hydrogens (tertiary/aromatic N) is 6. The highest BCUT2D eigenvalue weighted by molar-refractivity contribution is 5.91. The minimum atomic E-state index is -0.00430. The maximum absolute atomic E-state index is 12.7. The van der Waals surface area contributed by atoms with Gasteiger partial charge in [-0.15, -0.1) is 0 Å². The minimum Gasteiger partial charge on any atom is -0.383 e. The van der Waals surface area contributed by atoms with Gasteiger partial charge < -0.3 is 15.5 Å². The first kappa shape index (κ1) is 26.4. The van der Waals surface area contributed by atoms with Gasteiger partial charge in [0.05, 0.1) is 11.4 Å². The topological polar surface area (TPSA) is 93.2 Å². The van der Waals surface area contributed by atoms with Crippen molar-refractivity contribution in [2.75, 3.05) is 39.5 Å². The number of nitrogens with two attached hydrogens (primary N) is 1. The smallest absolute Gasteiger partial charge is 0.246 e. The van der Waals surface area contributed by atoms with Gasteiger partial charge in [-0.25, -0.2) is 14.6 Å². The Labute approximate surface area is 219 Å². The number of carbonyl (C=O) groups is 1. The fourth-order valence-corrected chi connectivity index (χ4v) is 4.50. The van der Waals surface area contributed by atoms with Crippen molar-refractivity contribution >= 4 is 22.8 Å². The predicted octanol–water partition coefficient (Wildman–Crippen LogP) is 3.95. The van der Waals surface area contributed by atoms with Crippen LogP contribution < -0.4 is 5.73 Å². The number of likely N-dealkylation sites (N-methyl/N-ethyl adjacent to an activating group) is 1. The fraction of sp³-hybridized carbons (Fsp3) is 0.448. The van der Waals surface area contributed by atoms with Crippen molar-refractivity contribution in [2.45, 2.75) is 52.0 Å². The first-order valence-electron chi connectivity index (χ1n) is 12.9. The van der Waals surface area contributed by atoms with Crippen LogP contribution in [0.3, 0.4) is 0 Å². The predicted molar refractivity (Wildman–Crippen MR) is 148 cm³/mol. The number of hydrogen-bond acceptors (Lipinski definition) is 6. The first-order chi connectivity index (χ1) is 17.6. The molecular formula is C29H37N7O. The zero-order chi connectivity index (χ0) is 26.7. The molecule has 0 unspecified atom stereocenters. The summed E-state index contributed by atoms with van der Waals surface area (Å²) in [5, 5.41) is 5.50. The molecule has 0 bridgehead atoms. The largest absolute Gasteiger partial charge is 0.383 e. The number of amides is 1. The summed E-state index contributed by atoms with van der Waals surface area (Å²) in [6.45, 7) is 10.7. The number of carbonyl (C=O) groups excluding carboxylic acids is 1. The molecule has 1 aliphatic rings. The Morgan fingerprint density at radius 1 is 1.14 bits per heavy atom. The Morgan fingerprint density at radius 2 is 1.84 bits per heavy atom. The van der Waals surface area contributed by atoms with E-state index in [0.29, 0.717) is 47.5 Å². The van der Waals surface area contributed by atoms with E-state index >= 15 is 0 Å². The van der Waals surface area contributed by atoms with Crippen molar-refractivity contribution in [1.29, 1.82) is 0 Å². The molecule has 1 aromatic carbocycles. The van der Waals surface area contributed by atoms with E-state index in [2.05, 4.69) is 67.7 Å². The lowest BCUT2D eigenvalue weighted by atomic mass is 9.93. The monoisotopic (exact) mass is 499 g/mol. The molecule has 8 nitrogen and oxygen atoms in total. The van der Waals surface area contributed by atoms with Crippen LogP contribution in [0.15, 0.2) is 36.7 Å². The SMILES string of the molecule is CC(C)c1cc(C#Cc2nn([C@H]3CCN(C(=O)C=CCN(C)C)C3)c3ncnc(N)c23)cc(C(C)C)c1. The van der Waals surface area contributed by atoms with Crippen LogP contribution in [0, 0.1) is 11.8 Å². The number of hydrogen-bond donors (Lipinski definition) is 1. The number of rotatable bonds is 6. The third kappa shape index (κ3) is 6.00. The van der Waals surface area contributed by atoms with Gasteiger partial charge in [0.15, 0.2) is 5.65 Å². The van der Waals surface area contributed by atoms with Crippen LogP contribution in [-0.4, -0.2) is 69.2 Å². The first-order valence-corrected chi connectivity index (χ1v) is 12.9. The summed E-state index contributed by atoms with van der Waals surface area (Å²) >= 11 is 0. The summed E-state index contributed by atoms with van der Waals surface area (Å²) in [4.78, 5) is 25.2. The number of nitrogen functional groups attached to an aromatic ring is 1. The molecule has 1 fully saturated rings. The van der Waals surface area contributed by atoms with Gasteiger partial charge in [0.1, 0.15) is 17.8 Å². The summed E-state index contributed by atoms with van der Waals surface area (Å²) in [6, 6.07) is 6.55. The zero-order valence-electron chi connectivity index (χ0n) is 22.7. The Bertz CT molecular complexity index is 1350. The number of anilines is 1. The lowest BCUT2D eigenvalue weighted by Gasteiger charge is -2.15. The Balaban J connectivity index is 1.66. The molecule has 1 aliphatic heterocycles. The second kappa shape index (κ2) is 11.1. The molecule has 2 aromatic heterocycles. The van der Waals surface area contributed by atoms with Crippen LogP contribution in [-0.2, 0) is 4.79 Å². The van der Waals surface area contributed by atoms with E-state index in [9.17, 15) is 4.79 Å². The average molecular weight is 500 g/mol. The van der Waals surface area contributed by atoms with E-state index in [4.69, 9.17) is 10.8 Å². The second-order valence-corrected chi connectivity index (χ2v) is 10.6. The van der Waals surface area contributed by atoms with Crippen molar-refractivity contribution < 1.29 is 4.79 Å². The summed E-state index contributed by atoms with van der Waals surface area (Å²) < 4.78 is 1.87. The van der Waals surface area contributed by atoms with Crippen LogP contribution in [0.4, 0.5) is 5.82 Å². The third-order valence-electron chi connectivity index (χ3n) is 6.71. The molecule has 0 spiro atoms. The molecule has 2 N–H and O–H groups in total. The second-order valence-electron chi connectivity index (χ2n) is 10.6. The molecule has 1 amide bonds.